The Morgan fingerprint density at radius 3 is 2.57 bits per heavy atom. The zero-order chi connectivity index (χ0) is 25.8. The molecule has 190 valence electrons. The summed E-state index contributed by atoms with van der Waals surface area (Å²) in [7, 11) is 1.63. The number of thioether (sulfide) groups is 1. The van der Waals surface area contributed by atoms with Crippen LogP contribution in [-0.4, -0.2) is 47.5 Å². The lowest BCUT2D eigenvalue weighted by Gasteiger charge is -2.23. The minimum Gasteiger partial charge on any atom is -0.497 e. The van der Waals surface area contributed by atoms with Gasteiger partial charge in [-0.1, -0.05) is 43.3 Å². The molecule has 1 N–H and O–H groups in total. The van der Waals surface area contributed by atoms with Crippen LogP contribution in [0, 0.1) is 0 Å². The summed E-state index contributed by atoms with van der Waals surface area (Å²) in [4.78, 5) is 29.2. The van der Waals surface area contributed by atoms with E-state index in [4.69, 9.17) is 9.84 Å². The fourth-order valence-corrected chi connectivity index (χ4v) is 6.54. The molecule has 0 saturated carbocycles. The number of amides is 2. The Kier molecular flexibility index (Phi) is 7.62. The third kappa shape index (κ3) is 5.14. The lowest BCUT2D eigenvalue weighted by atomic mass is 10.0. The number of fused-ring (bicyclic) bond motifs is 1. The van der Waals surface area contributed by atoms with E-state index in [1.54, 1.807) is 39.8 Å². The SMILES string of the molecule is CCCNC(=O)CN1C(=O)CS[C@@H](c2cccs2)c2c(-c3ccccc3)nn(-c3ccc(OC)cc3)c21. The smallest absolute Gasteiger partial charge is 0.240 e. The number of nitrogens with one attached hydrogen (secondary N) is 1. The van der Waals surface area contributed by atoms with Gasteiger partial charge >= 0.3 is 0 Å². The number of carbonyl (C=O) groups excluding carboxylic acids is 2. The quantitative estimate of drug-likeness (QED) is 0.333. The van der Waals surface area contributed by atoms with Crippen LogP contribution >= 0.6 is 23.1 Å². The number of hydrogen-bond donors (Lipinski definition) is 1. The molecule has 0 aliphatic carbocycles. The van der Waals surface area contributed by atoms with Crippen LogP contribution in [0.15, 0.2) is 72.1 Å². The minimum absolute atomic E-state index is 0.0698. The molecule has 2 amide bonds. The first-order chi connectivity index (χ1) is 18.1. The van der Waals surface area contributed by atoms with Crippen molar-refractivity contribution in [2.45, 2.75) is 18.6 Å². The second-order valence-corrected chi connectivity index (χ2v) is 10.7. The molecular weight excluding hydrogens is 504 g/mol. The summed E-state index contributed by atoms with van der Waals surface area (Å²) < 4.78 is 7.16. The van der Waals surface area contributed by atoms with Crippen LogP contribution < -0.4 is 15.0 Å². The average Bonchev–Trinajstić information content (AvgIpc) is 3.58. The van der Waals surface area contributed by atoms with E-state index in [-0.39, 0.29) is 29.4 Å². The number of benzene rings is 2. The first-order valence-corrected chi connectivity index (χ1v) is 14.1. The first kappa shape index (κ1) is 25.1. The molecule has 2 aromatic carbocycles. The van der Waals surface area contributed by atoms with Crippen LogP contribution in [0.5, 0.6) is 5.75 Å². The fraction of sp³-hybridized carbons (Fsp3) is 0.250. The minimum atomic E-state index is -0.190. The lowest BCUT2D eigenvalue weighted by Crippen LogP contribution is -2.42. The number of aromatic nitrogens is 2. The molecule has 0 bridgehead atoms. The van der Waals surface area contributed by atoms with Gasteiger partial charge in [-0.15, -0.1) is 23.1 Å². The molecule has 0 radical (unpaired) electrons. The van der Waals surface area contributed by atoms with E-state index in [2.05, 4.69) is 11.4 Å². The zero-order valence-electron chi connectivity index (χ0n) is 20.7. The van der Waals surface area contributed by atoms with Gasteiger partial charge in [0.2, 0.25) is 11.8 Å². The van der Waals surface area contributed by atoms with Crippen LogP contribution in [0.4, 0.5) is 5.82 Å². The van der Waals surface area contributed by atoms with Crippen molar-refractivity contribution in [2.24, 2.45) is 0 Å². The number of methoxy groups -OCH3 is 1. The summed E-state index contributed by atoms with van der Waals surface area (Å²) >= 11 is 3.24. The molecule has 0 saturated heterocycles. The zero-order valence-corrected chi connectivity index (χ0v) is 22.3. The molecule has 1 atom stereocenters. The monoisotopic (exact) mass is 532 g/mol. The highest BCUT2D eigenvalue weighted by atomic mass is 32.2. The maximum absolute atomic E-state index is 13.6. The van der Waals surface area contributed by atoms with E-state index in [9.17, 15) is 9.59 Å². The Labute approximate surface area is 224 Å². The molecule has 0 fully saturated rings. The van der Waals surface area contributed by atoms with Gasteiger partial charge in [-0.2, -0.15) is 5.10 Å². The van der Waals surface area contributed by atoms with E-state index in [1.165, 1.54) is 0 Å². The Morgan fingerprint density at radius 2 is 1.89 bits per heavy atom. The van der Waals surface area contributed by atoms with E-state index in [1.807, 2.05) is 73.0 Å². The molecule has 0 unspecified atom stereocenters. The predicted molar refractivity (Wildman–Crippen MR) is 150 cm³/mol. The Balaban J connectivity index is 1.76. The van der Waals surface area contributed by atoms with Gasteiger partial charge in [0.25, 0.3) is 0 Å². The third-order valence-electron chi connectivity index (χ3n) is 6.13. The van der Waals surface area contributed by atoms with Crippen molar-refractivity contribution in [3.63, 3.8) is 0 Å². The van der Waals surface area contributed by atoms with Gasteiger partial charge in [0.05, 0.1) is 29.5 Å². The van der Waals surface area contributed by atoms with Crippen molar-refractivity contribution in [2.75, 3.05) is 30.9 Å². The summed E-state index contributed by atoms with van der Waals surface area (Å²) in [5, 5.41) is 9.95. The van der Waals surface area contributed by atoms with Crippen molar-refractivity contribution in [1.29, 1.82) is 0 Å². The molecule has 0 spiro atoms. The van der Waals surface area contributed by atoms with Gasteiger partial charge in [0, 0.05) is 22.5 Å². The van der Waals surface area contributed by atoms with E-state index in [0.717, 1.165) is 39.6 Å². The van der Waals surface area contributed by atoms with E-state index in [0.29, 0.717) is 12.4 Å². The number of carbonyl (C=O) groups is 2. The average molecular weight is 533 g/mol. The molecule has 1 aliphatic rings. The number of hydrogen-bond acceptors (Lipinski definition) is 6. The van der Waals surface area contributed by atoms with Crippen molar-refractivity contribution >= 4 is 40.7 Å². The lowest BCUT2D eigenvalue weighted by molar-refractivity contribution is -0.122. The summed E-state index contributed by atoms with van der Waals surface area (Å²) in [6.07, 6.45) is 0.823. The first-order valence-electron chi connectivity index (χ1n) is 12.2. The highest BCUT2D eigenvalue weighted by molar-refractivity contribution is 8.00. The second kappa shape index (κ2) is 11.2. The second-order valence-electron chi connectivity index (χ2n) is 8.60. The normalized spacial score (nSPS) is 15.2. The van der Waals surface area contributed by atoms with Crippen molar-refractivity contribution in [3.8, 4) is 22.7 Å². The molecule has 7 nitrogen and oxygen atoms in total. The van der Waals surface area contributed by atoms with Gasteiger partial charge in [-0.25, -0.2) is 4.68 Å². The van der Waals surface area contributed by atoms with Crippen molar-refractivity contribution < 1.29 is 14.3 Å². The van der Waals surface area contributed by atoms with Crippen LogP contribution in [0.3, 0.4) is 0 Å². The summed E-state index contributed by atoms with van der Waals surface area (Å²) in [5.41, 5.74) is 3.47. The van der Waals surface area contributed by atoms with Gasteiger partial charge < -0.3 is 10.1 Å². The van der Waals surface area contributed by atoms with Gasteiger partial charge in [0.15, 0.2) is 0 Å². The maximum atomic E-state index is 13.6. The van der Waals surface area contributed by atoms with Crippen LogP contribution in [0.25, 0.3) is 16.9 Å². The summed E-state index contributed by atoms with van der Waals surface area (Å²) in [6.45, 7) is 2.50. The Bertz CT molecular complexity index is 1370. The van der Waals surface area contributed by atoms with Gasteiger partial charge in [-0.3, -0.25) is 14.5 Å². The number of nitrogens with zero attached hydrogens (tertiary/aromatic N) is 3. The van der Waals surface area contributed by atoms with E-state index >= 15 is 0 Å². The maximum Gasteiger partial charge on any atom is 0.240 e. The van der Waals surface area contributed by atoms with Crippen molar-refractivity contribution in [3.05, 3.63) is 82.6 Å². The van der Waals surface area contributed by atoms with Crippen LogP contribution in [0.2, 0.25) is 0 Å². The highest BCUT2D eigenvalue weighted by Gasteiger charge is 2.38. The number of rotatable bonds is 8. The Hall–Kier alpha value is -3.56. The number of anilines is 1. The van der Waals surface area contributed by atoms with Crippen molar-refractivity contribution in [1.82, 2.24) is 15.1 Å². The molecular formula is C28H28N4O3S2. The summed E-state index contributed by atoms with van der Waals surface area (Å²) in [5.74, 6) is 1.30. The highest BCUT2D eigenvalue weighted by Crippen LogP contribution is 2.49. The number of thiophene rings is 1. The molecule has 9 heteroatoms. The van der Waals surface area contributed by atoms with Crippen LogP contribution in [0.1, 0.15) is 29.0 Å². The fourth-order valence-electron chi connectivity index (χ4n) is 4.36. The molecule has 37 heavy (non-hydrogen) atoms. The standard InChI is InChI=1S/C28H28N4O3S2/c1-3-15-29-23(33)17-31-24(34)18-37-27(22-10-7-16-36-22)25-26(19-8-5-4-6-9-19)30-32(28(25)31)20-11-13-21(35-2)14-12-20/h4-14,16,27H,3,15,17-18H2,1-2H3,(H,29,33)/t27-/m0/s1. The summed E-state index contributed by atoms with van der Waals surface area (Å²) in [6, 6.07) is 21.7. The van der Waals surface area contributed by atoms with Crippen LogP contribution in [-0.2, 0) is 9.59 Å². The molecule has 3 heterocycles. The Morgan fingerprint density at radius 1 is 1.11 bits per heavy atom. The molecule has 1 aliphatic heterocycles. The molecule has 2 aromatic heterocycles. The molecule has 4 aromatic rings. The predicted octanol–water partition coefficient (Wildman–Crippen LogP) is 5.30. The van der Waals surface area contributed by atoms with Gasteiger partial charge in [-0.05, 0) is 42.1 Å². The molecule has 5 rings (SSSR count). The third-order valence-corrected chi connectivity index (χ3v) is 8.45. The van der Waals surface area contributed by atoms with E-state index < -0.39 is 0 Å². The van der Waals surface area contributed by atoms with Gasteiger partial charge in [0.1, 0.15) is 18.1 Å². The largest absolute Gasteiger partial charge is 0.497 e. The number of ether oxygens (including phenoxy) is 1. The topological polar surface area (TPSA) is 76.5 Å².